The lowest BCUT2D eigenvalue weighted by atomic mass is 10.1. The molecule has 1 aromatic carbocycles. The molecule has 0 radical (unpaired) electrons. The Morgan fingerprint density at radius 3 is 2.78 bits per heavy atom. The average Bonchev–Trinajstić information content (AvgIpc) is 2.32. The predicted octanol–water partition coefficient (Wildman–Crippen LogP) is 1.25. The lowest BCUT2D eigenvalue weighted by molar-refractivity contribution is 0.316. The lowest BCUT2D eigenvalue weighted by Crippen LogP contribution is -2.45. The van der Waals surface area contributed by atoms with Gasteiger partial charge in [0.05, 0.1) is 4.90 Å². The van der Waals surface area contributed by atoms with E-state index < -0.39 is 15.8 Å². The quantitative estimate of drug-likeness (QED) is 0.881. The van der Waals surface area contributed by atoms with Gasteiger partial charge in [-0.05, 0) is 37.5 Å². The number of hydrogen-bond acceptors (Lipinski definition) is 3. The van der Waals surface area contributed by atoms with E-state index in [4.69, 9.17) is 5.73 Å². The summed E-state index contributed by atoms with van der Waals surface area (Å²) in [5, 5.41) is 0. The normalized spacial score (nSPS) is 22.1. The van der Waals surface area contributed by atoms with Crippen LogP contribution in [0.3, 0.4) is 0 Å². The van der Waals surface area contributed by atoms with E-state index in [1.54, 1.807) is 6.92 Å². The van der Waals surface area contributed by atoms with Gasteiger partial charge in [-0.2, -0.15) is 4.31 Å². The van der Waals surface area contributed by atoms with E-state index in [1.807, 2.05) is 0 Å². The molecule has 1 aliphatic heterocycles. The molecule has 100 valence electrons. The van der Waals surface area contributed by atoms with E-state index >= 15 is 0 Å². The Kier molecular flexibility index (Phi) is 3.70. The Labute approximate surface area is 107 Å². The van der Waals surface area contributed by atoms with E-state index in [-0.39, 0.29) is 10.9 Å². The second-order valence-corrected chi connectivity index (χ2v) is 6.61. The molecule has 1 heterocycles. The summed E-state index contributed by atoms with van der Waals surface area (Å²) < 4.78 is 39.4. The maximum Gasteiger partial charge on any atom is 0.243 e. The first-order valence-corrected chi connectivity index (χ1v) is 7.37. The minimum absolute atomic E-state index is 0.000278. The zero-order chi connectivity index (χ0) is 13.3. The van der Waals surface area contributed by atoms with Gasteiger partial charge in [0.25, 0.3) is 0 Å². The van der Waals surface area contributed by atoms with E-state index in [0.717, 1.165) is 18.9 Å². The number of benzene rings is 1. The number of halogens is 1. The van der Waals surface area contributed by atoms with Crippen LogP contribution < -0.4 is 5.73 Å². The molecule has 18 heavy (non-hydrogen) atoms. The number of rotatable bonds is 2. The number of aryl methyl sites for hydroxylation is 1. The third-order valence-electron chi connectivity index (χ3n) is 3.20. The minimum Gasteiger partial charge on any atom is -0.327 e. The molecule has 0 aliphatic carbocycles. The van der Waals surface area contributed by atoms with Gasteiger partial charge in [0.2, 0.25) is 10.0 Å². The Bertz CT molecular complexity index is 545. The van der Waals surface area contributed by atoms with Gasteiger partial charge in [-0.3, -0.25) is 0 Å². The Morgan fingerprint density at radius 1 is 1.44 bits per heavy atom. The Morgan fingerprint density at radius 2 is 2.17 bits per heavy atom. The summed E-state index contributed by atoms with van der Waals surface area (Å²) >= 11 is 0. The second kappa shape index (κ2) is 4.95. The number of hydrogen-bond donors (Lipinski definition) is 1. The van der Waals surface area contributed by atoms with E-state index in [2.05, 4.69) is 0 Å². The largest absolute Gasteiger partial charge is 0.327 e. The average molecular weight is 272 g/mol. The SMILES string of the molecule is Cc1ccc(S(=O)(=O)N2CCC[C@@H](N)C2)cc1F. The molecule has 0 amide bonds. The minimum atomic E-state index is -3.62. The highest BCUT2D eigenvalue weighted by molar-refractivity contribution is 7.89. The number of nitrogens with two attached hydrogens (primary N) is 1. The molecule has 0 bridgehead atoms. The van der Waals surface area contributed by atoms with Gasteiger partial charge in [0.15, 0.2) is 0 Å². The molecule has 1 aromatic rings. The summed E-state index contributed by atoms with van der Waals surface area (Å²) in [6.07, 6.45) is 1.57. The van der Waals surface area contributed by atoms with Gasteiger partial charge in [-0.25, -0.2) is 12.8 Å². The lowest BCUT2D eigenvalue weighted by Gasteiger charge is -2.29. The van der Waals surface area contributed by atoms with Gasteiger partial charge in [0, 0.05) is 19.1 Å². The zero-order valence-corrected chi connectivity index (χ0v) is 11.1. The molecular weight excluding hydrogens is 255 g/mol. The first kappa shape index (κ1) is 13.5. The number of sulfonamides is 1. The maximum absolute atomic E-state index is 13.4. The number of piperidine rings is 1. The molecule has 2 N–H and O–H groups in total. The molecule has 0 aromatic heterocycles. The van der Waals surface area contributed by atoms with Gasteiger partial charge < -0.3 is 5.73 Å². The van der Waals surface area contributed by atoms with Gasteiger partial charge in [-0.15, -0.1) is 0 Å². The Balaban J connectivity index is 2.32. The van der Waals surface area contributed by atoms with Crippen LogP contribution in [0.25, 0.3) is 0 Å². The van der Waals surface area contributed by atoms with Crippen molar-refractivity contribution >= 4 is 10.0 Å². The van der Waals surface area contributed by atoms with Crippen LogP contribution in [0.2, 0.25) is 0 Å². The van der Waals surface area contributed by atoms with Crippen molar-refractivity contribution in [3.05, 3.63) is 29.6 Å². The molecule has 1 atom stereocenters. The summed E-state index contributed by atoms with van der Waals surface area (Å²) in [4.78, 5) is -0.000278. The van der Waals surface area contributed by atoms with Crippen molar-refractivity contribution in [2.45, 2.75) is 30.7 Å². The fraction of sp³-hybridized carbons (Fsp3) is 0.500. The highest BCUT2D eigenvalue weighted by atomic mass is 32.2. The third-order valence-corrected chi connectivity index (χ3v) is 5.06. The van der Waals surface area contributed by atoms with E-state index in [1.165, 1.54) is 16.4 Å². The van der Waals surface area contributed by atoms with E-state index in [9.17, 15) is 12.8 Å². The first-order valence-electron chi connectivity index (χ1n) is 5.93. The fourth-order valence-electron chi connectivity index (χ4n) is 2.08. The molecule has 4 nitrogen and oxygen atoms in total. The van der Waals surface area contributed by atoms with Crippen molar-refractivity contribution in [3.63, 3.8) is 0 Å². The summed E-state index contributed by atoms with van der Waals surface area (Å²) in [5.41, 5.74) is 6.21. The summed E-state index contributed by atoms with van der Waals surface area (Å²) in [6.45, 7) is 2.35. The summed E-state index contributed by atoms with van der Waals surface area (Å²) in [5.74, 6) is -0.502. The van der Waals surface area contributed by atoms with Crippen molar-refractivity contribution in [3.8, 4) is 0 Å². The van der Waals surface area contributed by atoms with Crippen LogP contribution in [0, 0.1) is 12.7 Å². The zero-order valence-electron chi connectivity index (χ0n) is 10.3. The van der Waals surface area contributed by atoms with Crippen LogP contribution in [-0.2, 0) is 10.0 Å². The molecule has 6 heteroatoms. The second-order valence-electron chi connectivity index (χ2n) is 4.68. The molecule has 1 aliphatic rings. The first-order chi connectivity index (χ1) is 8.41. The molecule has 2 rings (SSSR count). The predicted molar refractivity (Wildman–Crippen MR) is 67.1 cm³/mol. The summed E-state index contributed by atoms with van der Waals surface area (Å²) in [7, 11) is -3.62. The van der Waals surface area contributed by atoms with Crippen molar-refractivity contribution < 1.29 is 12.8 Å². The standard InChI is InChI=1S/C12H17FN2O2S/c1-9-4-5-11(7-12(9)13)18(16,17)15-6-2-3-10(14)8-15/h4-5,7,10H,2-3,6,8,14H2,1H3/t10-/m1/s1. The molecule has 0 unspecified atom stereocenters. The summed E-state index contributed by atoms with van der Waals surface area (Å²) in [6, 6.07) is 3.86. The topological polar surface area (TPSA) is 63.4 Å². The van der Waals surface area contributed by atoms with Gasteiger partial charge >= 0.3 is 0 Å². The van der Waals surface area contributed by atoms with Crippen LogP contribution in [0.4, 0.5) is 4.39 Å². The van der Waals surface area contributed by atoms with Crippen LogP contribution in [0.15, 0.2) is 23.1 Å². The molecule has 0 saturated carbocycles. The van der Waals surface area contributed by atoms with Crippen molar-refractivity contribution in [2.24, 2.45) is 5.73 Å². The molecular formula is C12H17FN2O2S. The smallest absolute Gasteiger partial charge is 0.243 e. The van der Waals surface area contributed by atoms with E-state index in [0.29, 0.717) is 18.7 Å². The van der Waals surface area contributed by atoms with Crippen LogP contribution in [0.5, 0.6) is 0 Å². The highest BCUT2D eigenvalue weighted by Gasteiger charge is 2.29. The van der Waals surface area contributed by atoms with Crippen molar-refractivity contribution in [1.82, 2.24) is 4.31 Å². The number of nitrogens with zero attached hydrogens (tertiary/aromatic N) is 1. The van der Waals surface area contributed by atoms with Gasteiger partial charge in [-0.1, -0.05) is 6.07 Å². The maximum atomic E-state index is 13.4. The molecule has 1 fully saturated rings. The van der Waals surface area contributed by atoms with Crippen LogP contribution in [-0.4, -0.2) is 31.9 Å². The van der Waals surface area contributed by atoms with Crippen molar-refractivity contribution in [1.29, 1.82) is 0 Å². The highest BCUT2D eigenvalue weighted by Crippen LogP contribution is 2.21. The van der Waals surface area contributed by atoms with Crippen molar-refractivity contribution in [2.75, 3.05) is 13.1 Å². The molecule has 1 saturated heterocycles. The fourth-order valence-corrected chi connectivity index (χ4v) is 3.62. The third kappa shape index (κ3) is 2.55. The molecule has 0 spiro atoms. The Hall–Kier alpha value is -0.980. The monoisotopic (exact) mass is 272 g/mol. The van der Waals surface area contributed by atoms with Crippen LogP contribution in [0.1, 0.15) is 18.4 Å². The van der Waals surface area contributed by atoms with Gasteiger partial charge in [0.1, 0.15) is 5.82 Å². The van der Waals surface area contributed by atoms with Crippen LogP contribution >= 0.6 is 0 Å².